The van der Waals surface area contributed by atoms with E-state index >= 15 is 0 Å². The fourth-order valence-electron chi connectivity index (χ4n) is 4.12. The van der Waals surface area contributed by atoms with Gasteiger partial charge in [0.15, 0.2) is 0 Å². The molecular weight excluding hydrogens is 412 g/mol. The van der Waals surface area contributed by atoms with Gasteiger partial charge in [-0.2, -0.15) is 0 Å². The molecule has 3 aromatic carbocycles. The first-order valence-corrected chi connectivity index (χ1v) is 9.91. The van der Waals surface area contributed by atoms with Crippen molar-refractivity contribution < 1.29 is 28.9 Å². The number of fused-ring (bicyclic) bond motifs is 3. The molecule has 0 saturated carbocycles. The van der Waals surface area contributed by atoms with Crippen molar-refractivity contribution in [3.63, 3.8) is 0 Å². The molecule has 1 aromatic heterocycles. The van der Waals surface area contributed by atoms with Crippen LogP contribution in [-0.2, 0) is 4.79 Å². The highest BCUT2D eigenvalue weighted by Crippen LogP contribution is 2.46. The van der Waals surface area contributed by atoms with Crippen LogP contribution >= 0.6 is 0 Å². The van der Waals surface area contributed by atoms with Gasteiger partial charge in [0.05, 0.1) is 19.1 Å². The first kappa shape index (κ1) is 19.7. The number of methoxy groups -OCH3 is 1. The summed E-state index contributed by atoms with van der Waals surface area (Å²) in [7, 11) is 1.56. The number of rotatable bonds is 3. The predicted octanol–water partition coefficient (Wildman–Crippen LogP) is 4.32. The maximum Gasteiger partial charge on any atom is 0.312 e. The molecule has 0 amide bonds. The number of phenols is 2. The zero-order valence-electron chi connectivity index (χ0n) is 17.0. The van der Waals surface area contributed by atoms with Gasteiger partial charge in [0.25, 0.3) is 0 Å². The first-order chi connectivity index (χ1) is 15.5. The Morgan fingerprint density at radius 1 is 1.03 bits per heavy atom. The van der Waals surface area contributed by atoms with Gasteiger partial charge in [-0.3, -0.25) is 9.59 Å². The van der Waals surface area contributed by atoms with Gasteiger partial charge < -0.3 is 24.1 Å². The minimum atomic E-state index is -0.452. The molecule has 0 spiro atoms. The van der Waals surface area contributed by atoms with Gasteiger partial charge in [-0.05, 0) is 35.4 Å². The summed E-state index contributed by atoms with van der Waals surface area (Å²) < 4.78 is 16.6. The fourth-order valence-corrected chi connectivity index (χ4v) is 4.12. The summed E-state index contributed by atoms with van der Waals surface area (Å²) in [5.74, 6) is -0.396. The normalized spacial score (nSPS) is 15.3. The SMILES string of the molecule is COc1cccc([C@H]2CC(=O)Oc3cc(O)c4c(=O)c(-c5ccc(O)cc5)coc4c32)c1. The lowest BCUT2D eigenvalue weighted by Crippen LogP contribution is -2.22. The molecule has 7 heteroatoms. The summed E-state index contributed by atoms with van der Waals surface area (Å²) >= 11 is 0. The van der Waals surface area contributed by atoms with E-state index in [2.05, 4.69) is 0 Å². The third-order valence-corrected chi connectivity index (χ3v) is 5.64. The van der Waals surface area contributed by atoms with Gasteiger partial charge in [-0.25, -0.2) is 0 Å². The average Bonchev–Trinajstić information content (AvgIpc) is 2.79. The molecule has 5 rings (SSSR count). The number of phenolic OH excluding ortho intramolecular Hbond substituents is 2. The number of ether oxygens (including phenoxy) is 2. The molecule has 1 aliphatic heterocycles. The molecule has 2 heterocycles. The van der Waals surface area contributed by atoms with Gasteiger partial charge >= 0.3 is 5.97 Å². The quantitative estimate of drug-likeness (QED) is 0.368. The molecule has 0 bridgehead atoms. The molecule has 0 fully saturated rings. The van der Waals surface area contributed by atoms with Crippen molar-refractivity contribution >= 4 is 16.9 Å². The van der Waals surface area contributed by atoms with Crippen LogP contribution in [0.1, 0.15) is 23.5 Å². The van der Waals surface area contributed by atoms with Crippen molar-refractivity contribution in [3.05, 3.63) is 82.2 Å². The molecule has 2 N–H and O–H groups in total. The molecule has 0 unspecified atom stereocenters. The van der Waals surface area contributed by atoms with Crippen LogP contribution in [0.5, 0.6) is 23.0 Å². The molecule has 0 saturated heterocycles. The van der Waals surface area contributed by atoms with E-state index in [0.717, 1.165) is 5.56 Å². The molecule has 32 heavy (non-hydrogen) atoms. The topological polar surface area (TPSA) is 106 Å². The monoisotopic (exact) mass is 430 g/mol. The Morgan fingerprint density at radius 2 is 1.81 bits per heavy atom. The van der Waals surface area contributed by atoms with E-state index in [-0.39, 0.29) is 40.2 Å². The van der Waals surface area contributed by atoms with Crippen molar-refractivity contribution in [3.8, 4) is 34.1 Å². The van der Waals surface area contributed by atoms with E-state index in [9.17, 15) is 19.8 Å². The number of hydrogen-bond acceptors (Lipinski definition) is 7. The standard InChI is InChI=1S/C25H18O7/c1-30-16-4-2-3-14(9-16)17-10-21(28)32-20-11-19(27)23-24(29)18(12-31-25(23)22(17)20)13-5-7-15(26)8-6-13/h2-9,11-12,17,26-27H,10H2,1H3/t17-/m1/s1. The van der Waals surface area contributed by atoms with Gasteiger partial charge in [0, 0.05) is 17.5 Å². The molecule has 0 aliphatic carbocycles. The molecule has 0 radical (unpaired) electrons. The van der Waals surface area contributed by atoms with E-state index in [1.165, 1.54) is 24.5 Å². The van der Waals surface area contributed by atoms with E-state index < -0.39 is 17.3 Å². The zero-order chi connectivity index (χ0) is 22.4. The predicted molar refractivity (Wildman–Crippen MR) is 116 cm³/mol. The third-order valence-electron chi connectivity index (χ3n) is 5.64. The summed E-state index contributed by atoms with van der Waals surface area (Å²) in [5, 5.41) is 20.2. The van der Waals surface area contributed by atoms with Gasteiger partial charge in [-0.15, -0.1) is 0 Å². The number of esters is 1. The van der Waals surface area contributed by atoms with Crippen molar-refractivity contribution in [1.82, 2.24) is 0 Å². The fraction of sp³-hybridized carbons (Fsp3) is 0.120. The molecule has 160 valence electrons. The Bertz CT molecular complexity index is 1420. The zero-order valence-corrected chi connectivity index (χ0v) is 17.0. The van der Waals surface area contributed by atoms with E-state index in [1.807, 2.05) is 18.2 Å². The number of carbonyl (C=O) groups excluding carboxylic acids is 1. The Hall–Kier alpha value is -4.26. The highest BCUT2D eigenvalue weighted by Gasteiger charge is 2.33. The maximum absolute atomic E-state index is 13.3. The third kappa shape index (κ3) is 3.15. The van der Waals surface area contributed by atoms with Gasteiger partial charge in [0.1, 0.15) is 40.2 Å². The van der Waals surface area contributed by atoms with Crippen molar-refractivity contribution in [2.24, 2.45) is 0 Å². The van der Waals surface area contributed by atoms with E-state index in [1.54, 1.807) is 25.3 Å². The van der Waals surface area contributed by atoms with Crippen LogP contribution in [0.4, 0.5) is 0 Å². The lowest BCUT2D eigenvalue weighted by atomic mass is 9.85. The van der Waals surface area contributed by atoms with Crippen LogP contribution in [-0.4, -0.2) is 23.3 Å². The highest BCUT2D eigenvalue weighted by atomic mass is 16.5. The molecule has 1 aliphatic rings. The van der Waals surface area contributed by atoms with Crippen LogP contribution < -0.4 is 14.9 Å². The largest absolute Gasteiger partial charge is 0.508 e. The average molecular weight is 430 g/mol. The van der Waals surface area contributed by atoms with Crippen molar-refractivity contribution in [1.29, 1.82) is 0 Å². The Balaban J connectivity index is 1.76. The second kappa shape index (κ2) is 7.46. The summed E-state index contributed by atoms with van der Waals surface area (Å²) in [6, 6.07) is 14.7. The maximum atomic E-state index is 13.3. The summed E-state index contributed by atoms with van der Waals surface area (Å²) in [6.07, 6.45) is 1.36. The number of benzene rings is 3. The van der Waals surface area contributed by atoms with E-state index in [4.69, 9.17) is 13.9 Å². The van der Waals surface area contributed by atoms with Crippen molar-refractivity contribution in [2.75, 3.05) is 7.11 Å². The smallest absolute Gasteiger partial charge is 0.312 e. The van der Waals surface area contributed by atoms with Gasteiger partial charge in [-0.1, -0.05) is 24.3 Å². The molecular formula is C25H18O7. The minimum absolute atomic E-state index is 0.000157. The molecule has 7 nitrogen and oxygen atoms in total. The van der Waals surface area contributed by atoms with Crippen LogP contribution in [0.25, 0.3) is 22.1 Å². The van der Waals surface area contributed by atoms with Crippen LogP contribution in [0.2, 0.25) is 0 Å². The van der Waals surface area contributed by atoms with Crippen molar-refractivity contribution in [2.45, 2.75) is 12.3 Å². The van der Waals surface area contributed by atoms with E-state index in [0.29, 0.717) is 16.9 Å². The Kier molecular flexibility index (Phi) is 4.59. The lowest BCUT2D eigenvalue weighted by Gasteiger charge is -2.26. The second-order valence-corrected chi connectivity index (χ2v) is 7.54. The Morgan fingerprint density at radius 3 is 2.56 bits per heavy atom. The van der Waals surface area contributed by atoms with Crippen LogP contribution in [0.15, 0.2) is 70.1 Å². The molecule has 1 atom stereocenters. The van der Waals surface area contributed by atoms with Gasteiger partial charge in [0.2, 0.25) is 5.43 Å². The highest BCUT2D eigenvalue weighted by molar-refractivity contribution is 5.94. The Labute approximate surface area is 182 Å². The first-order valence-electron chi connectivity index (χ1n) is 9.91. The second-order valence-electron chi connectivity index (χ2n) is 7.54. The summed E-state index contributed by atoms with van der Waals surface area (Å²) in [5.41, 5.74) is 1.80. The minimum Gasteiger partial charge on any atom is -0.508 e. The number of carbonyl (C=O) groups is 1. The number of aromatic hydroxyl groups is 2. The lowest BCUT2D eigenvalue weighted by molar-refractivity contribution is -0.135. The molecule has 4 aromatic rings. The van der Waals surface area contributed by atoms with Crippen LogP contribution in [0, 0.1) is 0 Å². The summed E-state index contributed by atoms with van der Waals surface area (Å²) in [4.78, 5) is 25.6. The van der Waals surface area contributed by atoms with Crippen LogP contribution in [0.3, 0.4) is 0 Å². The summed E-state index contributed by atoms with van der Waals surface area (Å²) in [6.45, 7) is 0. The number of hydrogen-bond donors (Lipinski definition) is 2.